The first-order valence-corrected chi connectivity index (χ1v) is 10.3. The predicted molar refractivity (Wildman–Crippen MR) is 106 cm³/mol. The second-order valence-electron chi connectivity index (χ2n) is 6.41. The van der Waals surface area contributed by atoms with Crippen LogP contribution < -0.4 is 9.47 Å². The number of halogens is 2. The van der Waals surface area contributed by atoms with Crippen molar-refractivity contribution in [1.29, 1.82) is 0 Å². The van der Waals surface area contributed by atoms with E-state index in [1.807, 2.05) is 30.3 Å². The molecule has 0 aliphatic heterocycles. The summed E-state index contributed by atoms with van der Waals surface area (Å²) >= 11 is 0. The normalized spacial score (nSPS) is 11.2. The molecule has 0 fully saturated rings. The van der Waals surface area contributed by atoms with Gasteiger partial charge in [0.05, 0.1) is 12.0 Å². The summed E-state index contributed by atoms with van der Waals surface area (Å²) in [4.78, 5) is 10.6. The molecule has 0 heterocycles. The summed E-state index contributed by atoms with van der Waals surface area (Å²) in [7, 11) is -3.14. The number of Topliss-reactive ketones (excluding diaryl/α,β-unsaturated/α-hetero) is 1. The summed E-state index contributed by atoms with van der Waals surface area (Å²) < 4.78 is 64.9. The van der Waals surface area contributed by atoms with Crippen LogP contribution >= 0.6 is 0 Å². The fourth-order valence-corrected chi connectivity index (χ4v) is 4.44. The van der Waals surface area contributed by atoms with Crippen LogP contribution in [-0.2, 0) is 16.4 Å². The van der Waals surface area contributed by atoms with Crippen LogP contribution in [-0.4, -0.2) is 21.3 Å². The number of carbonyl (C=O) groups excluding carboxylic acids is 1. The van der Waals surface area contributed by atoms with Gasteiger partial charge < -0.3 is 9.47 Å². The van der Waals surface area contributed by atoms with E-state index in [0.717, 1.165) is 12.5 Å². The maximum absolute atomic E-state index is 14.4. The van der Waals surface area contributed by atoms with Gasteiger partial charge in [-0.25, -0.2) is 17.2 Å². The smallest absolute Gasteiger partial charge is 0.210 e. The van der Waals surface area contributed by atoms with Gasteiger partial charge in [0.15, 0.2) is 17.3 Å². The zero-order valence-corrected chi connectivity index (χ0v) is 17.0. The van der Waals surface area contributed by atoms with Crippen LogP contribution in [0.2, 0.25) is 0 Å². The fraction of sp³-hybridized carbons (Fsp3) is 0.136. The Labute approximate surface area is 172 Å². The van der Waals surface area contributed by atoms with Crippen molar-refractivity contribution in [3.8, 4) is 11.5 Å². The van der Waals surface area contributed by atoms with Crippen molar-refractivity contribution in [3.05, 3.63) is 83.4 Å². The van der Waals surface area contributed by atoms with E-state index in [9.17, 15) is 22.0 Å². The lowest BCUT2D eigenvalue weighted by Gasteiger charge is -2.14. The van der Waals surface area contributed by atoms with Gasteiger partial charge in [0, 0.05) is 17.7 Å². The van der Waals surface area contributed by atoms with E-state index in [0.29, 0.717) is 12.1 Å². The topological polar surface area (TPSA) is 69.7 Å². The molecule has 0 unspecified atom stereocenters. The average molecular weight is 432 g/mol. The first-order chi connectivity index (χ1) is 14.2. The highest BCUT2D eigenvalue weighted by Crippen LogP contribution is 2.34. The molecule has 0 aliphatic rings. The van der Waals surface area contributed by atoms with Crippen molar-refractivity contribution >= 4 is 15.6 Å². The van der Waals surface area contributed by atoms with Crippen LogP contribution in [0.4, 0.5) is 8.78 Å². The molecule has 0 radical (unpaired) electrons. The quantitative estimate of drug-likeness (QED) is 0.404. The standard InChI is InChI=1S/C22H18F2O5S/c1-14(25)18-10-16(23)11-19(24)22(18)30(26,27)17-8-9-20(21(12-17)28-2)29-13-15-6-4-3-5-7-15/h3-12H,13H2,1-2H3. The second kappa shape index (κ2) is 8.62. The third-order valence-corrected chi connectivity index (χ3v) is 6.17. The average Bonchev–Trinajstić information content (AvgIpc) is 2.71. The van der Waals surface area contributed by atoms with Crippen molar-refractivity contribution in [3.63, 3.8) is 0 Å². The number of benzene rings is 3. The maximum Gasteiger partial charge on any atom is 0.210 e. The van der Waals surface area contributed by atoms with Gasteiger partial charge in [-0.15, -0.1) is 0 Å². The Bertz CT molecular complexity index is 1190. The Morgan fingerprint density at radius 3 is 2.30 bits per heavy atom. The number of ether oxygens (including phenoxy) is 2. The van der Waals surface area contributed by atoms with E-state index < -0.39 is 37.7 Å². The van der Waals surface area contributed by atoms with E-state index in [2.05, 4.69) is 0 Å². The van der Waals surface area contributed by atoms with Crippen molar-refractivity contribution in [1.82, 2.24) is 0 Å². The summed E-state index contributed by atoms with van der Waals surface area (Å²) in [6.45, 7) is 1.26. The predicted octanol–water partition coefficient (Wildman–Crippen LogP) is 4.59. The fourth-order valence-electron chi connectivity index (χ4n) is 2.88. The van der Waals surface area contributed by atoms with E-state index in [-0.39, 0.29) is 23.0 Å². The number of methoxy groups -OCH3 is 1. The van der Waals surface area contributed by atoms with Gasteiger partial charge in [-0.2, -0.15) is 0 Å². The molecule has 0 saturated carbocycles. The van der Waals surface area contributed by atoms with E-state index in [1.165, 1.54) is 25.3 Å². The summed E-state index contributed by atoms with van der Waals surface area (Å²) in [5, 5.41) is 0. The lowest BCUT2D eigenvalue weighted by atomic mass is 10.1. The zero-order chi connectivity index (χ0) is 21.9. The highest BCUT2D eigenvalue weighted by Gasteiger charge is 2.29. The number of hydrogen-bond acceptors (Lipinski definition) is 5. The molecule has 5 nitrogen and oxygen atoms in total. The first kappa shape index (κ1) is 21.4. The molecule has 0 bridgehead atoms. The van der Waals surface area contributed by atoms with Gasteiger partial charge in [0.25, 0.3) is 0 Å². The Morgan fingerprint density at radius 2 is 1.67 bits per heavy atom. The molecular formula is C22H18F2O5S. The van der Waals surface area contributed by atoms with Gasteiger partial charge in [0.1, 0.15) is 23.1 Å². The van der Waals surface area contributed by atoms with Gasteiger partial charge in [0.2, 0.25) is 9.84 Å². The summed E-state index contributed by atoms with van der Waals surface area (Å²) in [5.74, 6) is -2.77. The molecule has 3 rings (SSSR count). The Balaban J connectivity index is 2.01. The highest BCUT2D eigenvalue weighted by atomic mass is 32.2. The van der Waals surface area contributed by atoms with Gasteiger partial charge >= 0.3 is 0 Å². The molecule has 0 aromatic heterocycles. The lowest BCUT2D eigenvalue weighted by molar-refractivity contribution is 0.101. The Hall–Kier alpha value is -3.26. The lowest BCUT2D eigenvalue weighted by Crippen LogP contribution is -2.12. The number of hydrogen-bond donors (Lipinski definition) is 0. The minimum Gasteiger partial charge on any atom is -0.493 e. The molecule has 0 aliphatic carbocycles. The van der Waals surface area contributed by atoms with Gasteiger partial charge in [-0.3, -0.25) is 4.79 Å². The number of ketones is 1. The third kappa shape index (κ3) is 4.33. The minimum absolute atomic E-state index is 0.110. The van der Waals surface area contributed by atoms with Crippen LogP contribution in [0.15, 0.2) is 70.5 Å². The van der Waals surface area contributed by atoms with Gasteiger partial charge in [-0.1, -0.05) is 30.3 Å². The first-order valence-electron chi connectivity index (χ1n) is 8.84. The molecule has 8 heteroatoms. The van der Waals surface area contributed by atoms with Crippen molar-refractivity contribution in [2.24, 2.45) is 0 Å². The SMILES string of the molecule is COc1cc(S(=O)(=O)c2c(F)cc(F)cc2C(C)=O)ccc1OCc1ccccc1. The zero-order valence-electron chi connectivity index (χ0n) is 16.2. The summed E-state index contributed by atoms with van der Waals surface area (Å²) in [6, 6.07) is 14.2. The maximum atomic E-state index is 14.4. The molecule has 0 atom stereocenters. The summed E-state index contributed by atoms with van der Waals surface area (Å²) in [6.07, 6.45) is 0. The second-order valence-corrected chi connectivity index (χ2v) is 8.30. The van der Waals surface area contributed by atoms with E-state index >= 15 is 0 Å². The van der Waals surface area contributed by atoms with Gasteiger partial charge in [-0.05, 0) is 30.7 Å². The van der Waals surface area contributed by atoms with Crippen molar-refractivity contribution in [2.75, 3.05) is 7.11 Å². The molecular weight excluding hydrogens is 414 g/mol. The molecule has 0 spiro atoms. The number of rotatable bonds is 7. The molecule has 156 valence electrons. The molecule has 3 aromatic rings. The largest absolute Gasteiger partial charge is 0.493 e. The van der Waals surface area contributed by atoms with Crippen molar-refractivity contribution in [2.45, 2.75) is 23.3 Å². The molecule has 0 N–H and O–H groups in total. The molecule has 0 amide bonds. The molecule has 3 aromatic carbocycles. The molecule has 0 saturated heterocycles. The van der Waals surface area contributed by atoms with Crippen LogP contribution in [0.3, 0.4) is 0 Å². The Kier molecular flexibility index (Phi) is 6.17. The molecule has 30 heavy (non-hydrogen) atoms. The van der Waals surface area contributed by atoms with Crippen LogP contribution in [0.25, 0.3) is 0 Å². The van der Waals surface area contributed by atoms with E-state index in [4.69, 9.17) is 9.47 Å². The number of carbonyl (C=O) groups is 1. The Morgan fingerprint density at radius 1 is 0.967 bits per heavy atom. The third-order valence-electron chi connectivity index (χ3n) is 4.34. The highest BCUT2D eigenvalue weighted by molar-refractivity contribution is 7.91. The number of sulfone groups is 1. The van der Waals surface area contributed by atoms with Crippen LogP contribution in [0.5, 0.6) is 11.5 Å². The van der Waals surface area contributed by atoms with E-state index in [1.54, 1.807) is 0 Å². The minimum atomic E-state index is -4.48. The van der Waals surface area contributed by atoms with Crippen LogP contribution in [0.1, 0.15) is 22.8 Å². The summed E-state index contributed by atoms with van der Waals surface area (Å²) in [5.41, 5.74) is 0.339. The van der Waals surface area contributed by atoms with Crippen molar-refractivity contribution < 1.29 is 31.5 Å². The van der Waals surface area contributed by atoms with Crippen LogP contribution in [0, 0.1) is 11.6 Å². The monoisotopic (exact) mass is 432 g/mol.